The highest BCUT2D eigenvalue weighted by molar-refractivity contribution is 5.18. The number of hydrogen-bond acceptors (Lipinski definition) is 2. The van der Waals surface area contributed by atoms with Crippen LogP contribution in [0.5, 0.6) is 0 Å². The first kappa shape index (κ1) is 10.2. The lowest BCUT2D eigenvalue weighted by Gasteiger charge is -2.09. The molecule has 2 nitrogen and oxygen atoms in total. The topological polar surface area (TPSA) is 29.5 Å². The van der Waals surface area contributed by atoms with Crippen molar-refractivity contribution in [2.45, 2.75) is 12.5 Å². The number of aliphatic hydroxyl groups is 1. The molecule has 0 aliphatic carbocycles. The summed E-state index contributed by atoms with van der Waals surface area (Å²) in [6.07, 6.45) is -0.157. The number of methoxy groups -OCH3 is 1. The molecule has 0 saturated heterocycles. The Balaban J connectivity index is 2.60. The van der Waals surface area contributed by atoms with Gasteiger partial charge >= 0.3 is 0 Å². The van der Waals surface area contributed by atoms with E-state index in [9.17, 15) is 9.50 Å². The van der Waals surface area contributed by atoms with E-state index in [-0.39, 0.29) is 5.82 Å². The summed E-state index contributed by atoms with van der Waals surface area (Å²) in [6, 6.07) is 5.97. The first-order valence-electron chi connectivity index (χ1n) is 4.16. The van der Waals surface area contributed by atoms with Crippen molar-refractivity contribution < 1.29 is 14.2 Å². The molecule has 1 rings (SSSR count). The summed E-state index contributed by atoms with van der Waals surface area (Å²) in [5.41, 5.74) is 0.594. The average Bonchev–Trinajstić information content (AvgIpc) is 2.14. The lowest BCUT2D eigenvalue weighted by molar-refractivity contribution is 0.110. The van der Waals surface area contributed by atoms with E-state index in [0.29, 0.717) is 18.6 Å². The highest BCUT2D eigenvalue weighted by Gasteiger charge is 2.06. The lowest BCUT2D eigenvalue weighted by Crippen LogP contribution is -2.01. The van der Waals surface area contributed by atoms with E-state index in [1.807, 2.05) is 0 Å². The normalized spacial score (nSPS) is 12.8. The van der Waals surface area contributed by atoms with Crippen LogP contribution in [0.4, 0.5) is 4.39 Å². The van der Waals surface area contributed by atoms with E-state index in [1.54, 1.807) is 19.2 Å². The lowest BCUT2D eigenvalue weighted by atomic mass is 10.1. The highest BCUT2D eigenvalue weighted by Crippen LogP contribution is 2.16. The van der Waals surface area contributed by atoms with Crippen molar-refractivity contribution in [2.75, 3.05) is 13.7 Å². The first-order chi connectivity index (χ1) is 6.24. The Kier molecular flexibility index (Phi) is 3.86. The number of ether oxygens (including phenoxy) is 1. The first-order valence-corrected chi connectivity index (χ1v) is 4.16. The Morgan fingerprint density at radius 1 is 1.54 bits per heavy atom. The van der Waals surface area contributed by atoms with Gasteiger partial charge in [0, 0.05) is 20.1 Å². The molecule has 0 saturated carbocycles. The zero-order valence-electron chi connectivity index (χ0n) is 7.53. The maximum Gasteiger partial charge on any atom is 0.123 e. The maximum atomic E-state index is 12.7. The molecule has 0 heterocycles. The number of hydrogen-bond donors (Lipinski definition) is 1. The molecule has 1 aromatic carbocycles. The quantitative estimate of drug-likeness (QED) is 0.774. The third kappa shape index (κ3) is 3.13. The molecule has 0 bridgehead atoms. The molecule has 0 spiro atoms. The summed E-state index contributed by atoms with van der Waals surface area (Å²) in [6.45, 7) is 0.470. The summed E-state index contributed by atoms with van der Waals surface area (Å²) < 4.78 is 17.5. The number of aliphatic hydroxyl groups excluding tert-OH is 1. The smallest absolute Gasteiger partial charge is 0.123 e. The van der Waals surface area contributed by atoms with E-state index in [2.05, 4.69) is 0 Å². The van der Waals surface area contributed by atoms with Gasteiger partial charge in [0.2, 0.25) is 0 Å². The SMILES string of the molecule is COCCC(O)c1cccc(F)c1. The van der Waals surface area contributed by atoms with Crippen molar-refractivity contribution in [1.82, 2.24) is 0 Å². The van der Waals surface area contributed by atoms with Crippen LogP contribution in [-0.2, 0) is 4.74 Å². The monoisotopic (exact) mass is 184 g/mol. The molecule has 3 heteroatoms. The van der Waals surface area contributed by atoms with Gasteiger partial charge in [0.25, 0.3) is 0 Å². The van der Waals surface area contributed by atoms with Crippen molar-refractivity contribution in [3.8, 4) is 0 Å². The Morgan fingerprint density at radius 3 is 2.92 bits per heavy atom. The summed E-state index contributed by atoms with van der Waals surface area (Å²) in [5, 5.41) is 9.53. The molecular formula is C10H13FO2. The Labute approximate surface area is 77.0 Å². The molecule has 1 aromatic rings. The standard InChI is InChI=1S/C10H13FO2/c1-13-6-5-10(12)8-3-2-4-9(11)7-8/h2-4,7,10,12H,5-6H2,1H3. The van der Waals surface area contributed by atoms with Crippen molar-refractivity contribution in [2.24, 2.45) is 0 Å². The van der Waals surface area contributed by atoms with Crippen LogP contribution in [0, 0.1) is 5.82 Å². The molecule has 0 aliphatic rings. The van der Waals surface area contributed by atoms with E-state index in [4.69, 9.17) is 4.74 Å². The van der Waals surface area contributed by atoms with Crippen LogP contribution in [0.25, 0.3) is 0 Å². The van der Waals surface area contributed by atoms with Crippen LogP contribution in [0.1, 0.15) is 18.1 Å². The molecule has 0 aromatic heterocycles. The van der Waals surface area contributed by atoms with Crippen LogP contribution in [0.3, 0.4) is 0 Å². The molecule has 0 aliphatic heterocycles. The van der Waals surface area contributed by atoms with Crippen molar-refractivity contribution in [1.29, 1.82) is 0 Å². The number of rotatable bonds is 4. The van der Waals surface area contributed by atoms with Crippen LogP contribution >= 0.6 is 0 Å². The minimum atomic E-state index is -0.643. The molecule has 1 atom stereocenters. The number of halogens is 1. The molecular weight excluding hydrogens is 171 g/mol. The van der Waals surface area contributed by atoms with Gasteiger partial charge in [-0.15, -0.1) is 0 Å². The highest BCUT2D eigenvalue weighted by atomic mass is 19.1. The molecule has 13 heavy (non-hydrogen) atoms. The third-order valence-corrected chi connectivity index (χ3v) is 1.83. The molecule has 72 valence electrons. The third-order valence-electron chi connectivity index (χ3n) is 1.83. The van der Waals surface area contributed by atoms with Gasteiger partial charge in [-0.05, 0) is 17.7 Å². The van der Waals surface area contributed by atoms with Crippen LogP contribution in [-0.4, -0.2) is 18.8 Å². The van der Waals surface area contributed by atoms with Gasteiger partial charge in [0.1, 0.15) is 5.82 Å². The summed E-state index contributed by atoms with van der Waals surface area (Å²) in [5.74, 6) is -0.325. The van der Waals surface area contributed by atoms with Gasteiger partial charge in [-0.2, -0.15) is 0 Å². The second-order valence-corrected chi connectivity index (χ2v) is 2.85. The van der Waals surface area contributed by atoms with Crippen molar-refractivity contribution >= 4 is 0 Å². The molecule has 0 radical (unpaired) electrons. The summed E-state index contributed by atoms with van der Waals surface area (Å²) >= 11 is 0. The van der Waals surface area contributed by atoms with Gasteiger partial charge in [-0.3, -0.25) is 0 Å². The van der Waals surface area contributed by atoms with Crippen molar-refractivity contribution in [3.63, 3.8) is 0 Å². The van der Waals surface area contributed by atoms with Gasteiger partial charge in [-0.1, -0.05) is 12.1 Å². The second-order valence-electron chi connectivity index (χ2n) is 2.85. The van der Waals surface area contributed by atoms with Gasteiger partial charge < -0.3 is 9.84 Å². The zero-order chi connectivity index (χ0) is 9.68. The molecule has 0 amide bonds. The van der Waals surface area contributed by atoms with E-state index < -0.39 is 6.10 Å². The van der Waals surface area contributed by atoms with Gasteiger partial charge in [-0.25, -0.2) is 4.39 Å². The second kappa shape index (κ2) is 4.94. The minimum Gasteiger partial charge on any atom is -0.388 e. The Morgan fingerprint density at radius 2 is 2.31 bits per heavy atom. The van der Waals surface area contributed by atoms with Crippen LogP contribution in [0.15, 0.2) is 24.3 Å². The summed E-state index contributed by atoms with van der Waals surface area (Å²) in [4.78, 5) is 0. The van der Waals surface area contributed by atoms with E-state index in [1.165, 1.54) is 12.1 Å². The van der Waals surface area contributed by atoms with Gasteiger partial charge in [0.15, 0.2) is 0 Å². The van der Waals surface area contributed by atoms with Crippen LogP contribution < -0.4 is 0 Å². The van der Waals surface area contributed by atoms with E-state index in [0.717, 1.165) is 0 Å². The average molecular weight is 184 g/mol. The van der Waals surface area contributed by atoms with Crippen LogP contribution in [0.2, 0.25) is 0 Å². The number of benzene rings is 1. The molecule has 1 N–H and O–H groups in total. The fraction of sp³-hybridized carbons (Fsp3) is 0.400. The van der Waals surface area contributed by atoms with E-state index >= 15 is 0 Å². The molecule has 1 unspecified atom stereocenters. The predicted octanol–water partition coefficient (Wildman–Crippen LogP) is 1.90. The minimum absolute atomic E-state index is 0.325. The van der Waals surface area contributed by atoms with Gasteiger partial charge in [0.05, 0.1) is 6.10 Å². The molecule has 0 fully saturated rings. The summed E-state index contributed by atoms with van der Waals surface area (Å²) in [7, 11) is 1.57. The largest absolute Gasteiger partial charge is 0.388 e. The zero-order valence-corrected chi connectivity index (χ0v) is 7.53. The predicted molar refractivity (Wildman–Crippen MR) is 47.9 cm³/mol. The fourth-order valence-corrected chi connectivity index (χ4v) is 1.11. The van der Waals surface area contributed by atoms with Crippen molar-refractivity contribution in [3.05, 3.63) is 35.6 Å². The Bertz CT molecular complexity index is 263. The Hall–Kier alpha value is -0.930. The maximum absolute atomic E-state index is 12.7. The fourth-order valence-electron chi connectivity index (χ4n) is 1.11.